The zero-order chi connectivity index (χ0) is 38.9. The van der Waals surface area contributed by atoms with E-state index < -0.39 is 24.2 Å². The van der Waals surface area contributed by atoms with Gasteiger partial charge in [0, 0.05) is 55.6 Å². The first-order chi connectivity index (χ1) is 24.5. The zero-order valence-corrected chi connectivity index (χ0v) is 31.4. The topological polar surface area (TPSA) is 180 Å². The second-order valence-electron chi connectivity index (χ2n) is 13.3. The van der Waals surface area contributed by atoms with Gasteiger partial charge in [0.2, 0.25) is 11.8 Å². The number of likely N-dealkylation sites (N-methyl/N-ethyl adjacent to an activating group) is 1. The van der Waals surface area contributed by atoms with Gasteiger partial charge < -0.3 is 35.0 Å². The summed E-state index contributed by atoms with van der Waals surface area (Å²) in [5, 5.41) is 14.9. The quantitative estimate of drug-likeness (QED) is 0.220. The van der Waals surface area contributed by atoms with E-state index in [1.165, 1.54) is 38.4 Å². The van der Waals surface area contributed by atoms with Crippen LogP contribution in [0.2, 0.25) is 0 Å². The molecule has 0 aliphatic carbocycles. The highest BCUT2D eigenvalue weighted by molar-refractivity contribution is 7.52. The van der Waals surface area contributed by atoms with Gasteiger partial charge in [-0.25, -0.2) is 0 Å². The number of hydrogen-bond acceptors (Lipinski definition) is 8. The number of benzene rings is 2. The predicted octanol–water partition coefficient (Wildman–Crippen LogP) is 5.70. The lowest BCUT2D eigenvalue weighted by molar-refractivity contribution is -0.130. The van der Waals surface area contributed by atoms with E-state index in [1.807, 2.05) is 43.0 Å². The van der Waals surface area contributed by atoms with E-state index in [0.717, 1.165) is 66.6 Å². The van der Waals surface area contributed by atoms with E-state index in [2.05, 4.69) is 35.5 Å². The van der Waals surface area contributed by atoms with E-state index in [9.17, 15) is 33.0 Å². The second kappa shape index (κ2) is 18.1. The Kier molecular flexibility index (Phi) is 14.8. The molecule has 2 unspecified atom stereocenters. The number of nitriles is 1. The Bertz CT molecular complexity index is 1820. The summed E-state index contributed by atoms with van der Waals surface area (Å²) in [7, 11) is -2.20. The van der Waals surface area contributed by atoms with Crippen LogP contribution in [0.1, 0.15) is 66.8 Å². The van der Waals surface area contributed by atoms with Crippen molar-refractivity contribution in [1.29, 1.82) is 5.26 Å². The van der Waals surface area contributed by atoms with Crippen LogP contribution >= 0.6 is 18.9 Å². The number of thiophene rings is 1. The molecule has 2 saturated heterocycles. The molecule has 52 heavy (non-hydrogen) atoms. The highest BCUT2D eigenvalue weighted by Gasteiger charge is 2.57. The standard InChI is InChI=1S/C13H13N3O.C11H10F2NO4PS.C11H21NO.CH2O/c1-16-7-9(6-14)13(8-16)10-4-2-3-5-11(10)15-12(13)17;1-14-10(15)9-5-6-4-7(2-3-8(6)20-9)11(12,13)19(16,17)18;1-10(2)6-5-7-11(13)12-8-3-4-9-12;1-2/h2-5,9H,7-8H2,1H3,(H,15,17);2-5H,1H3,(H,14,15)(H2,16,17,18);10H,3-9H2,1-2H3;1H2. The van der Waals surface area contributed by atoms with Gasteiger partial charge in [0.25, 0.3) is 5.91 Å². The number of anilines is 1. The summed E-state index contributed by atoms with van der Waals surface area (Å²) in [4.78, 5) is 65.1. The Balaban J connectivity index is 0.000000210. The summed E-state index contributed by atoms with van der Waals surface area (Å²) in [6.07, 6.45) is 5.41. The number of carbonyl (C=O) groups is 4. The van der Waals surface area contributed by atoms with Crippen molar-refractivity contribution in [1.82, 2.24) is 15.1 Å². The molecule has 16 heteroatoms. The number of halogens is 2. The van der Waals surface area contributed by atoms with Gasteiger partial charge in [0.1, 0.15) is 12.2 Å². The van der Waals surface area contributed by atoms with Gasteiger partial charge in [-0.1, -0.05) is 44.5 Å². The van der Waals surface area contributed by atoms with Crippen LogP contribution in [-0.2, 0) is 30.0 Å². The number of nitrogens with zero attached hydrogens (tertiary/aromatic N) is 3. The molecule has 4 heterocycles. The Labute approximate surface area is 306 Å². The average Bonchev–Trinajstić information content (AvgIpc) is 3.91. The number of para-hydroxylation sites is 1. The number of nitrogens with one attached hydrogen (secondary N) is 2. The van der Waals surface area contributed by atoms with Crippen molar-refractivity contribution in [3.05, 3.63) is 64.5 Å². The fraction of sp³-hybridized carbons (Fsp3) is 0.472. The molecule has 3 aromatic rings. The summed E-state index contributed by atoms with van der Waals surface area (Å²) in [5.74, 6) is 0.449. The molecule has 12 nitrogen and oxygen atoms in total. The fourth-order valence-electron chi connectivity index (χ4n) is 6.48. The maximum Gasteiger partial charge on any atom is 0.399 e. The van der Waals surface area contributed by atoms with Gasteiger partial charge >= 0.3 is 13.3 Å². The van der Waals surface area contributed by atoms with Gasteiger partial charge in [0.15, 0.2) is 0 Å². The number of rotatable bonds is 7. The lowest BCUT2D eigenvalue weighted by Crippen LogP contribution is -2.41. The summed E-state index contributed by atoms with van der Waals surface area (Å²) in [6.45, 7) is 9.69. The zero-order valence-electron chi connectivity index (χ0n) is 29.7. The van der Waals surface area contributed by atoms with E-state index in [-0.39, 0.29) is 17.7 Å². The predicted molar refractivity (Wildman–Crippen MR) is 196 cm³/mol. The normalized spacial score (nSPS) is 19.4. The monoisotopic (exact) mass is 761 g/mol. The molecule has 3 amide bonds. The molecule has 0 radical (unpaired) electrons. The van der Waals surface area contributed by atoms with Crippen molar-refractivity contribution in [3.8, 4) is 6.07 Å². The van der Waals surface area contributed by atoms with Crippen LogP contribution < -0.4 is 10.6 Å². The SMILES string of the molecule is C=O.CC(C)CCCC(=O)N1CCCC1.CN1CC(C#N)C2(C1)C(=O)Nc1ccccc12.CNC(=O)c1cc2cc(C(F)(F)P(=O)(O)O)ccc2s1. The van der Waals surface area contributed by atoms with Crippen molar-refractivity contribution in [2.24, 2.45) is 11.8 Å². The van der Waals surface area contributed by atoms with Gasteiger partial charge in [-0.3, -0.25) is 18.9 Å². The minimum absolute atomic E-state index is 0.0328. The first-order valence-electron chi connectivity index (χ1n) is 16.8. The Morgan fingerprint density at radius 3 is 2.42 bits per heavy atom. The van der Waals surface area contributed by atoms with Gasteiger partial charge in [-0.2, -0.15) is 14.0 Å². The third-order valence-corrected chi connectivity index (χ3v) is 11.2. The average molecular weight is 762 g/mol. The van der Waals surface area contributed by atoms with E-state index in [1.54, 1.807) is 0 Å². The minimum Gasteiger partial charge on any atom is -0.354 e. The molecule has 1 spiro atoms. The molecule has 282 valence electrons. The molecule has 0 bridgehead atoms. The Morgan fingerprint density at radius 2 is 1.83 bits per heavy atom. The van der Waals surface area contributed by atoms with Crippen molar-refractivity contribution < 1.29 is 42.3 Å². The Morgan fingerprint density at radius 1 is 1.17 bits per heavy atom. The molecule has 1 aromatic heterocycles. The van der Waals surface area contributed by atoms with Crippen molar-refractivity contribution in [3.63, 3.8) is 0 Å². The number of alkyl halides is 2. The van der Waals surface area contributed by atoms with Crippen molar-refractivity contribution in [2.75, 3.05) is 45.6 Å². The van der Waals surface area contributed by atoms with Gasteiger partial charge in [0.05, 0.1) is 16.9 Å². The molecule has 6 rings (SSSR count). The molecular weight excluding hydrogens is 715 g/mol. The van der Waals surface area contributed by atoms with Crippen LogP contribution in [-0.4, -0.2) is 84.4 Å². The van der Waals surface area contributed by atoms with Crippen LogP contribution in [0, 0.1) is 23.2 Å². The second-order valence-corrected chi connectivity index (χ2v) is 16.0. The van der Waals surface area contributed by atoms with Crippen molar-refractivity contribution in [2.45, 2.75) is 57.0 Å². The molecule has 4 N–H and O–H groups in total. The van der Waals surface area contributed by atoms with Crippen LogP contribution in [0.3, 0.4) is 0 Å². The summed E-state index contributed by atoms with van der Waals surface area (Å²) < 4.78 is 38.6. The van der Waals surface area contributed by atoms with Crippen LogP contribution in [0.25, 0.3) is 10.1 Å². The molecule has 2 aromatic carbocycles. The van der Waals surface area contributed by atoms with Crippen molar-refractivity contribution >= 4 is 59.2 Å². The van der Waals surface area contributed by atoms with Gasteiger partial charge in [-0.15, -0.1) is 11.3 Å². The summed E-state index contributed by atoms with van der Waals surface area (Å²) in [5.41, 5.74) is -3.87. The fourth-order valence-corrected chi connectivity index (χ4v) is 7.94. The molecule has 2 atom stereocenters. The van der Waals surface area contributed by atoms with E-state index in [4.69, 9.17) is 14.6 Å². The first kappa shape index (κ1) is 42.4. The number of likely N-dealkylation sites (tertiary alicyclic amines) is 2. The lowest BCUT2D eigenvalue weighted by Gasteiger charge is -2.24. The third kappa shape index (κ3) is 9.48. The highest BCUT2D eigenvalue weighted by Crippen LogP contribution is 2.59. The van der Waals surface area contributed by atoms with E-state index >= 15 is 0 Å². The number of carbonyl (C=O) groups excluding carboxylic acids is 4. The molecule has 0 saturated carbocycles. The maximum atomic E-state index is 13.6. The highest BCUT2D eigenvalue weighted by atomic mass is 32.1. The number of fused-ring (bicyclic) bond motifs is 3. The summed E-state index contributed by atoms with van der Waals surface area (Å²) >= 11 is 1.11. The Hall–Kier alpha value is -4.06. The molecule has 2 fully saturated rings. The molecule has 3 aliphatic rings. The molecular formula is C36H46F2N5O7PS. The van der Waals surface area contributed by atoms with Crippen LogP contribution in [0.15, 0.2) is 48.5 Å². The summed E-state index contributed by atoms with van der Waals surface area (Å²) in [6, 6.07) is 14.6. The third-order valence-electron chi connectivity index (χ3n) is 9.14. The number of amides is 3. The first-order valence-corrected chi connectivity index (χ1v) is 19.2. The largest absolute Gasteiger partial charge is 0.399 e. The lowest BCUT2D eigenvalue weighted by atomic mass is 9.74. The van der Waals surface area contributed by atoms with Crippen LogP contribution in [0.5, 0.6) is 0 Å². The van der Waals surface area contributed by atoms with E-state index in [0.29, 0.717) is 34.0 Å². The smallest absolute Gasteiger partial charge is 0.354 e. The van der Waals surface area contributed by atoms with Gasteiger partial charge in [-0.05, 0) is 67.4 Å². The van der Waals surface area contributed by atoms with Crippen LogP contribution in [0.4, 0.5) is 14.5 Å². The number of hydrogen-bond donors (Lipinski definition) is 4. The molecule has 3 aliphatic heterocycles. The minimum atomic E-state index is -5.60. The maximum absolute atomic E-state index is 13.6.